The summed E-state index contributed by atoms with van der Waals surface area (Å²) >= 11 is 0. The minimum atomic E-state index is 0.341. The predicted molar refractivity (Wildman–Crippen MR) is 46.4 cm³/mol. The lowest BCUT2D eigenvalue weighted by molar-refractivity contribution is -0.117. The van der Waals surface area contributed by atoms with Crippen molar-refractivity contribution in [3.05, 3.63) is 0 Å². The van der Waals surface area contributed by atoms with Crippen LogP contribution in [0.15, 0.2) is 0 Å². The Kier molecular flexibility index (Phi) is 3.10. The van der Waals surface area contributed by atoms with Crippen LogP contribution >= 0.6 is 0 Å². The molecule has 1 rings (SSSR count). The normalized spacial score (nSPS) is 19.8. The molecule has 0 bridgehead atoms. The van der Waals surface area contributed by atoms with E-state index in [2.05, 4.69) is 6.92 Å². The topological polar surface area (TPSA) is 17.1 Å². The van der Waals surface area contributed by atoms with Crippen LogP contribution in [0.4, 0.5) is 0 Å². The highest BCUT2D eigenvalue weighted by atomic mass is 16.1. The maximum atomic E-state index is 10.6. The Balaban J connectivity index is 1.97. The molecule has 1 atom stereocenters. The van der Waals surface area contributed by atoms with Gasteiger partial charge in [0, 0.05) is 6.42 Å². The smallest absolute Gasteiger partial charge is 0.129 e. The zero-order chi connectivity index (χ0) is 8.27. The molecule has 0 aliphatic heterocycles. The van der Waals surface area contributed by atoms with Crippen LogP contribution in [0.1, 0.15) is 46.0 Å². The van der Waals surface area contributed by atoms with Gasteiger partial charge in [-0.25, -0.2) is 0 Å². The van der Waals surface area contributed by atoms with Gasteiger partial charge in [-0.3, -0.25) is 0 Å². The predicted octanol–water partition coefficient (Wildman–Crippen LogP) is 2.79. The van der Waals surface area contributed by atoms with Crippen molar-refractivity contribution in [1.29, 1.82) is 0 Å². The van der Waals surface area contributed by atoms with Crippen LogP contribution in [-0.4, -0.2) is 5.78 Å². The van der Waals surface area contributed by atoms with E-state index in [1.54, 1.807) is 6.92 Å². The maximum Gasteiger partial charge on any atom is 0.129 e. The number of hydrogen-bond donors (Lipinski definition) is 0. The first-order valence-electron chi connectivity index (χ1n) is 4.69. The number of Topliss-reactive ketones (excluding diaryl/α,β-unsaturated/α-hetero) is 1. The van der Waals surface area contributed by atoms with E-state index in [-0.39, 0.29) is 0 Å². The third-order valence-electron chi connectivity index (χ3n) is 2.62. The van der Waals surface area contributed by atoms with E-state index in [0.29, 0.717) is 5.78 Å². The summed E-state index contributed by atoms with van der Waals surface area (Å²) in [6.45, 7) is 4.00. The molecule has 1 unspecified atom stereocenters. The third-order valence-corrected chi connectivity index (χ3v) is 2.62. The Labute approximate surface area is 69.2 Å². The molecule has 1 saturated carbocycles. The van der Waals surface area contributed by atoms with Crippen LogP contribution in [0.3, 0.4) is 0 Å². The largest absolute Gasteiger partial charge is 0.300 e. The zero-order valence-corrected chi connectivity index (χ0v) is 7.60. The molecule has 0 amide bonds. The second-order valence-electron chi connectivity index (χ2n) is 3.91. The quantitative estimate of drug-likeness (QED) is 0.595. The van der Waals surface area contributed by atoms with Gasteiger partial charge < -0.3 is 4.79 Å². The first-order valence-corrected chi connectivity index (χ1v) is 4.69. The Bertz CT molecular complexity index is 136. The maximum absolute atomic E-state index is 10.6. The molecule has 11 heavy (non-hydrogen) atoms. The number of ketones is 1. The molecule has 0 aromatic carbocycles. The number of carbonyl (C=O) groups excluding carboxylic acids is 1. The third kappa shape index (κ3) is 3.54. The summed E-state index contributed by atoms with van der Waals surface area (Å²) < 4.78 is 0. The molecule has 0 aromatic rings. The van der Waals surface area contributed by atoms with Gasteiger partial charge in [-0.15, -0.1) is 0 Å². The Morgan fingerprint density at radius 1 is 1.55 bits per heavy atom. The highest BCUT2D eigenvalue weighted by molar-refractivity contribution is 5.75. The van der Waals surface area contributed by atoms with Crippen molar-refractivity contribution in [3.8, 4) is 0 Å². The van der Waals surface area contributed by atoms with E-state index in [1.165, 1.54) is 19.3 Å². The summed E-state index contributed by atoms with van der Waals surface area (Å²) in [5, 5.41) is 0. The standard InChI is InChI=1S/C10H18O/c1-8(10-6-7-10)4-3-5-9(2)11/h8,10H,3-7H2,1-2H3. The molecular formula is C10H18O. The van der Waals surface area contributed by atoms with Crippen LogP contribution < -0.4 is 0 Å². The highest BCUT2D eigenvalue weighted by Gasteiger charge is 2.27. The molecule has 1 aliphatic rings. The van der Waals surface area contributed by atoms with Gasteiger partial charge in [-0.2, -0.15) is 0 Å². The molecule has 0 heterocycles. The summed E-state index contributed by atoms with van der Waals surface area (Å²) in [5.74, 6) is 2.21. The Morgan fingerprint density at radius 2 is 2.18 bits per heavy atom. The summed E-state index contributed by atoms with van der Waals surface area (Å²) in [5.41, 5.74) is 0. The molecule has 64 valence electrons. The molecule has 1 aliphatic carbocycles. The van der Waals surface area contributed by atoms with E-state index >= 15 is 0 Å². The molecule has 0 spiro atoms. The van der Waals surface area contributed by atoms with Gasteiger partial charge in [0.05, 0.1) is 0 Å². The summed E-state index contributed by atoms with van der Waals surface area (Å²) in [4.78, 5) is 10.6. The molecule has 1 nitrogen and oxygen atoms in total. The van der Waals surface area contributed by atoms with E-state index in [4.69, 9.17) is 0 Å². The Hall–Kier alpha value is -0.330. The number of hydrogen-bond acceptors (Lipinski definition) is 1. The van der Waals surface area contributed by atoms with E-state index in [0.717, 1.165) is 24.7 Å². The molecule has 0 radical (unpaired) electrons. The molecular weight excluding hydrogens is 136 g/mol. The van der Waals surface area contributed by atoms with E-state index in [1.807, 2.05) is 0 Å². The van der Waals surface area contributed by atoms with Crippen molar-refractivity contribution >= 4 is 5.78 Å². The van der Waals surface area contributed by atoms with Crippen molar-refractivity contribution < 1.29 is 4.79 Å². The molecule has 1 fully saturated rings. The lowest BCUT2D eigenvalue weighted by Gasteiger charge is -2.07. The zero-order valence-electron chi connectivity index (χ0n) is 7.60. The average Bonchev–Trinajstić information content (AvgIpc) is 2.66. The molecule has 0 saturated heterocycles. The van der Waals surface area contributed by atoms with Crippen LogP contribution in [-0.2, 0) is 4.79 Å². The molecule has 0 N–H and O–H groups in total. The summed E-state index contributed by atoms with van der Waals surface area (Å²) in [6, 6.07) is 0. The number of carbonyl (C=O) groups is 1. The fourth-order valence-corrected chi connectivity index (χ4v) is 1.57. The van der Waals surface area contributed by atoms with Gasteiger partial charge in [-0.1, -0.05) is 13.3 Å². The van der Waals surface area contributed by atoms with Crippen LogP contribution in [0.2, 0.25) is 0 Å². The van der Waals surface area contributed by atoms with Crippen molar-refractivity contribution in [2.24, 2.45) is 11.8 Å². The van der Waals surface area contributed by atoms with Crippen molar-refractivity contribution in [2.75, 3.05) is 0 Å². The van der Waals surface area contributed by atoms with Gasteiger partial charge in [0.25, 0.3) is 0 Å². The van der Waals surface area contributed by atoms with Gasteiger partial charge in [-0.05, 0) is 38.0 Å². The van der Waals surface area contributed by atoms with Crippen molar-refractivity contribution in [1.82, 2.24) is 0 Å². The fourth-order valence-electron chi connectivity index (χ4n) is 1.57. The second-order valence-corrected chi connectivity index (χ2v) is 3.91. The fraction of sp³-hybridized carbons (Fsp3) is 0.900. The first kappa shape index (κ1) is 8.76. The minimum absolute atomic E-state index is 0.341. The Morgan fingerprint density at radius 3 is 2.64 bits per heavy atom. The van der Waals surface area contributed by atoms with Crippen molar-refractivity contribution in [2.45, 2.75) is 46.0 Å². The first-order chi connectivity index (χ1) is 5.20. The molecule has 0 aromatic heterocycles. The van der Waals surface area contributed by atoms with Crippen LogP contribution in [0.5, 0.6) is 0 Å². The van der Waals surface area contributed by atoms with Gasteiger partial charge in [0.15, 0.2) is 0 Å². The van der Waals surface area contributed by atoms with Gasteiger partial charge in [0.2, 0.25) is 0 Å². The number of rotatable bonds is 5. The second kappa shape index (κ2) is 3.89. The van der Waals surface area contributed by atoms with Crippen LogP contribution in [0, 0.1) is 11.8 Å². The highest BCUT2D eigenvalue weighted by Crippen LogP contribution is 2.38. The van der Waals surface area contributed by atoms with Crippen molar-refractivity contribution in [3.63, 3.8) is 0 Å². The van der Waals surface area contributed by atoms with E-state index in [9.17, 15) is 4.79 Å². The summed E-state index contributed by atoms with van der Waals surface area (Å²) in [6.07, 6.45) is 6.01. The van der Waals surface area contributed by atoms with Gasteiger partial charge >= 0.3 is 0 Å². The molecule has 1 heteroatoms. The monoisotopic (exact) mass is 154 g/mol. The van der Waals surface area contributed by atoms with Gasteiger partial charge in [0.1, 0.15) is 5.78 Å². The minimum Gasteiger partial charge on any atom is -0.300 e. The van der Waals surface area contributed by atoms with E-state index < -0.39 is 0 Å². The summed E-state index contributed by atoms with van der Waals surface area (Å²) in [7, 11) is 0. The lowest BCUT2D eigenvalue weighted by atomic mass is 9.98. The SMILES string of the molecule is CC(=O)CCCC(C)C1CC1. The van der Waals surface area contributed by atoms with Crippen LogP contribution in [0.25, 0.3) is 0 Å². The average molecular weight is 154 g/mol. The lowest BCUT2D eigenvalue weighted by Crippen LogP contribution is -1.98.